The van der Waals surface area contributed by atoms with E-state index in [1.54, 1.807) is 30.5 Å². The van der Waals surface area contributed by atoms with Gasteiger partial charge in [-0.1, -0.05) is 43.0 Å². The highest BCUT2D eigenvalue weighted by Crippen LogP contribution is 2.19. The number of aliphatic hydroxyl groups is 1. The number of carbonyl (C=O) groups is 1. The normalized spacial score (nSPS) is 11.0. The van der Waals surface area contributed by atoms with Crippen LogP contribution in [0.25, 0.3) is 0 Å². The average molecular weight is 385 g/mol. The maximum absolute atomic E-state index is 12.2. The quantitative estimate of drug-likeness (QED) is 0.462. The number of pyridine rings is 2. The first-order chi connectivity index (χ1) is 13.0. The molecule has 0 radical (unpaired) electrons. The molecule has 0 aliphatic heterocycles. The van der Waals surface area contributed by atoms with Crippen molar-refractivity contribution >= 4 is 29.0 Å². The van der Waals surface area contributed by atoms with Crippen LogP contribution in [0, 0.1) is 0 Å². The minimum Gasteiger partial charge on any atom is -0.392 e. The van der Waals surface area contributed by atoms with Gasteiger partial charge in [0.2, 0.25) is 0 Å². The number of anilines is 2. The van der Waals surface area contributed by atoms with Gasteiger partial charge in [-0.15, -0.1) is 0 Å². The molecule has 0 spiro atoms. The lowest BCUT2D eigenvalue weighted by Gasteiger charge is -2.11. The van der Waals surface area contributed by atoms with Crippen molar-refractivity contribution in [1.29, 1.82) is 0 Å². The Morgan fingerprint density at radius 1 is 1.26 bits per heavy atom. The molecule has 2 rings (SSSR count). The number of rotatable bonds is 8. The Kier molecular flexibility index (Phi) is 7.73. The summed E-state index contributed by atoms with van der Waals surface area (Å²) in [5.74, 6) is 0. The molecular weight excluding hydrogens is 364 g/mol. The zero-order valence-electron chi connectivity index (χ0n) is 14.8. The monoisotopic (exact) mass is 384 g/mol. The molecule has 3 N–H and O–H groups in total. The van der Waals surface area contributed by atoms with Crippen LogP contribution in [0.4, 0.5) is 16.2 Å². The van der Waals surface area contributed by atoms with Gasteiger partial charge in [-0.2, -0.15) is 0 Å². The standard InChI is InChI=1S/C20H21ClN4O2/c1-3-5-14(4-2)6-7-16-10-17(8-9-22-16)24-20(27)25-18-11-19(21)23-12-15(18)13-26/h3-5,8-12,26H,1-2,6-7,13H2,(H2,22,23,24,25,27)/b14-5+. The van der Waals surface area contributed by atoms with Crippen molar-refractivity contribution in [2.75, 3.05) is 10.6 Å². The molecule has 2 aromatic heterocycles. The van der Waals surface area contributed by atoms with Crippen LogP contribution >= 0.6 is 11.6 Å². The minimum atomic E-state index is -0.456. The Hall–Kier alpha value is -2.96. The summed E-state index contributed by atoms with van der Waals surface area (Å²) in [6, 6.07) is 4.53. The third kappa shape index (κ3) is 6.36. The molecule has 0 saturated carbocycles. The predicted octanol–water partition coefficient (Wildman–Crippen LogP) is 4.50. The number of halogens is 1. The second-order valence-electron chi connectivity index (χ2n) is 5.62. The fraction of sp³-hybridized carbons (Fsp3) is 0.150. The van der Waals surface area contributed by atoms with E-state index in [2.05, 4.69) is 33.8 Å². The molecule has 0 fully saturated rings. The van der Waals surface area contributed by atoms with E-state index in [1.165, 1.54) is 12.3 Å². The van der Waals surface area contributed by atoms with Crippen LogP contribution < -0.4 is 10.6 Å². The Labute approximate surface area is 163 Å². The van der Waals surface area contributed by atoms with Crippen molar-refractivity contribution in [2.45, 2.75) is 19.4 Å². The van der Waals surface area contributed by atoms with Gasteiger partial charge in [-0.05, 0) is 36.6 Å². The highest BCUT2D eigenvalue weighted by atomic mass is 35.5. The lowest BCUT2D eigenvalue weighted by Crippen LogP contribution is -2.20. The van der Waals surface area contributed by atoms with Crippen LogP contribution in [0.3, 0.4) is 0 Å². The third-order valence-corrected chi connectivity index (χ3v) is 3.92. The molecule has 27 heavy (non-hydrogen) atoms. The Balaban J connectivity index is 2.02. The van der Waals surface area contributed by atoms with E-state index >= 15 is 0 Å². The summed E-state index contributed by atoms with van der Waals surface area (Å²) < 4.78 is 0. The number of allylic oxidation sites excluding steroid dienone is 4. The van der Waals surface area contributed by atoms with Gasteiger partial charge in [-0.25, -0.2) is 9.78 Å². The molecule has 0 aliphatic carbocycles. The van der Waals surface area contributed by atoms with Crippen molar-refractivity contribution in [1.82, 2.24) is 9.97 Å². The number of aromatic nitrogens is 2. The smallest absolute Gasteiger partial charge is 0.323 e. The van der Waals surface area contributed by atoms with Crippen LogP contribution in [-0.2, 0) is 13.0 Å². The van der Waals surface area contributed by atoms with E-state index in [9.17, 15) is 9.90 Å². The van der Waals surface area contributed by atoms with E-state index in [0.717, 1.165) is 17.7 Å². The molecule has 2 heterocycles. The van der Waals surface area contributed by atoms with Gasteiger partial charge in [0.15, 0.2) is 0 Å². The molecule has 0 saturated heterocycles. The van der Waals surface area contributed by atoms with Gasteiger partial charge in [-0.3, -0.25) is 4.98 Å². The van der Waals surface area contributed by atoms with Gasteiger partial charge in [0.05, 0.1) is 12.3 Å². The molecule has 0 aromatic carbocycles. The van der Waals surface area contributed by atoms with Crippen molar-refractivity contribution in [3.8, 4) is 0 Å². The molecule has 6 nitrogen and oxygen atoms in total. The molecule has 2 aromatic rings. The number of aryl methyl sites for hydroxylation is 1. The van der Waals surface area contributed by atoms with Crippen LogP contribution in [0.15, 0.2) is 67.6 Å². The summed E-state index contributed by atoms with van der Waals surface area (Å²) in [7, 11) is 0. The second kappa shape index (κ2) is 10.3. The molecule has 0 atom stereocenters. The Bertz CT molecular complexity index is 865. The zero-order chi connectivity index (χ0) is 19.6. The number of hydrogen-bond acceptors (Lipinski definition) is 4. The van der Waals surface area contributed by atoms with Crippen LogP contribution in [0.2, 0.25) is 5.15 Å². The fourth-order valence-electron chi connectivity index (χ4n) is 2.36. The maximum Gasteiger partial charge on any atom is 0.323 e. The van der Waals surface area contributed by atoms with E-state index < -0.39 is 6.03 Å². The van der Waals surface area contributed by atoms with Crippen molar-refractivity contribution in [3.63, 3.8) is 0 Å². The summed E-state index contributed by atoms with van der Waals surface area (Å²) in [4.78, 5) is 20.4. The number of carbonyl (C=O) groups excluding carboxylic acids is 1. The highest BCUT2D eigenvalue weighted by Gasteiger charge is 2.09. The first-order valence-electron chi connectivity index (χ1n) is 8.28. The largest absolute Gasteiger partial charge is 0.392 e. The number of amides is 2. The van der Waals surface area contributed by atoms with E-state index in [4.69, 9.17) is 11.6 Å². The first-order valence-corrected chi connectivity index (χ1v) is 8.65. The van der Waals surface area contributed by atoms with Gasteiger partial charge in [0.25, 0.3) is 0 Å². The lowest BCUT2D eigenvalue weighted by atomic mass is 10.1. The zero-order valence-corrected chi connectivity index (χ0v) is 15.5. The van der Waals surface area contributed by atoms with E-state index in [1.807, 2.05) is 6.08 Å². The Morgan fingerprint density at radius 2 is 2.07 bits per heavy atom. The van der Waals surface area contributed by atoms with Crippen molar-refractivity contribution < 1.29 is 9.90 Å². The second-order valence-corrected chi connectivity index (χ2v) is 6.01. The summed E-state index contributed by atoms with van der Waals surface area (Å²) in [6.07, 6.45) is 9.94. The summed E-state index contributed by atoms with van der Waals surface area (Å²) in [6.45, 7) is 7.19. The molecule has 140 valence electrons. The predicted molar refractivity (Wildman–Crippen MR) is 109 cm³/mol. The topological polar surface area (TPSA) is 87.1 Å². The summed E-state index contributed by atoms with van der Waals surface area (Å²) in [5, 5.41) is 15.0. The highest BCUT2D eigenvalue weighted by molar-refractivity contribution is 6.29. The van der Waals surface area contributed by atoms with Crippen molar-refractivity contribution in [3.05, 3.63) is 84.0 Å². The van der Waals surface area contributed by atoms with Gasteiger partial charge >= 0.3 is 6.03 Å². The third-order valence-electron chi connectivity index (χ3n) is 3.71. The molecule has 7 heteroatoms. The van der Waals surface area contributed by atoms with Crippen LogP contribution in [0.1, 0.15) is 17.7 Å². The first kappa shape index (κ1) is 20.4. The maximum atomic E-state index is 12.2. The molecule has 2 amide bonds. The summed E-state index contributed by atoms with van der Waals surface area (Å²) >= 11 is 5.84. The number of hydrogen-bond donors (Lipinski definition) is 3. The van der Waals surface area contributed by atoms with Gasteiger partial charge < -0.3 is 15.7 Å². The molecule has 0 unspecified atom stereocenters. The molecular formula is C20H21ClN4O2. The molecule has 0 aliphatic rings. The van der Waals surface area contributed by atoms with Gasteiger partial charge in [0.1, 0.15) is 5.15 Å². The summed E-state index contributed by atoms with van der Waals surface area (Å²) in [5.41, 5.74) is 3.38. The number of nitrogens with one attached hydrogen (secondary N) is 2. The van der Waals surface area contributed by atoms with Gasteiger partial charge in [0, 0.05) is 29.3 Å². The fourth-order valence-corrected chi connectivity index (χ4v) is 2.51. The lowest BCUT2D eigenvalue weighted by molar-refractivity contribution is 0.262. The number of aliphatic hydroxyl groups excluding tert-OH is 1. The number of nitrogens with zero attached hydrogens (tertiary/aromatic N) is 2. The van der Waals surface area contributed by atoms with E-state index in [0.29, 0.717) is 23.4 Å². The van der Waals surface area contributed by atoms with Crippen LogP contribution in [-0.4, -0.2) is 21.1 Å². The van der Waals surface area contributed by atoms with Crippen molar-refractivity contribution in [2.24, 2.45) is 0 Å². The SMILES string of the molecule is C=C/C=C(\C=C)CCc1cc(NC(=O)Nc2cc(Cl)ncc2CO)ccn1. The van der Waals surface area contributed by atoms with E-state index in [-0.39, 0.29) is 11.8 Å². The Morgan fingerprint density at radius 3 is 2.78 bits per heavy atom. The minimum absolute atomic E-state index is 0.222. The molecule has 0 bridgehead atoms. The number of urea groups is 1. The average Bonchev–Trinajstić information content (AvgIpc) is 2.65. The van der Waals surface area contributed by atoms with Crippen LogP contribution in [0.5, 0.6) is 0 Å².